The summed E-state index contributed by atoms with van der Waals surface area (Å²) in [5.74, 6) is 1.48. The number of hydrogen-bond acceptors (Lipinski definition) is 3. The zero-order chi connectivity index (χ0) is 14.7. The van der Waals surface area contributed by atoms with Gasteiger partial charge in [0.25, 0.3) is 0 Å². The Morgan fingerprint density at radius 3 is 3.14 bits per heavy atom. The zero-order valence-electron chi connectivity index (χ0n) is 12.7. The summed E-state index contributed by atoms with van der Waals surface area (Å²) in [6.45, 7) is 4.72. The fourth-order valence-corrected chi connectivity index (χ4v) is 3.68. The second-order valence-corrected chi connectivity index (χ2v) is 6.26. The normalized spacial score (nSPS) is 29.2. The Hall–Kier alpha value is -1.42. The van der Waals surface area contributed by atoms with Gasteiger partial charge in [-0.1, -0.05) is 31.9 Å². The maximum absolute atomic E-state index is 13.3. The average Bonchev–Trinajstić information content (AvgIpc) is 2.50. The average molecular weight is 289 g/mol. The zero-order valence-corrected chi connectivity index (χ0v) is 12.7. The van der Waals surface area contributed by atoms with Crippen LogP contribution in [0.1, 0.15) is 38.2 Å². The second kappa shape index (κ2) is 6.14. The van der Waals surface area contributed by atoms with E-state index in [9.17, 15) is 4.39 Å². The molecule has 1 aliphatic carbocycles. The molecule has 2 aliphatic rings. The van der Waals surface area contributed by atoms with Gasteiger partial charge in [0, 0.05) is 13.1 Å². The highest BCUT2D eigenvalue weighted by Gasteiger charge is 2.43. The number of nitrogens with zero attached hydrogens (tertiary/aromatic N) is 1. The van der Waals surface area contributed by atoms with Crippen molar-refractivity contribution in [3.05, 3.63) is 35.6 Å². The fourth-order valence-electron chi connectivity index (χ4n) is 3.68. The first kappa shape index (κ1) is 14.5. The van der Waals surface area contributed by atoms with Crippen LogP contribution in [0.15, 0.2) is 29.3 Å². The molecule has 1 aliphatic heterocycles. The van der Waals surface area contributed by atoms with Gasteiger partial charge in [-0.15, -0.1) is 0 Å². The van der Waals surface area contributed by atoms with Gasteiger partial charge in [0.05, 0.1) is 12.1 Å². The van der Waals surface area contributed by atoms with E-state index in [1.165, 1.54) is 25.3 Å². The first-order valence-electron chi connectivity index (χ1n) is 7.99. The van der Waals surface area contributed by atoms with Crippen LogP contribution in [0.4, 0.5) is 4.39 Å². The molecule has 1 saturated carbocycles. The third kappa shape index (κ3) is 2.95. The number of hydrogen-bond donors (Lipinski definition) is 2. The molecule has 0 bridgehead atoms. The molecule has 0 amide bonds. The predicted octanol–water partition coefficient (Wildman–Crippen LogP) is 2.87. The summed E-state index contributed by atoms with van der Waals surface area (Å²) in [5.41, 5.74) is 0.964. The van der Waals surface area contributed by atoms with E-state index in [-0.39, 0.29) is 11.4 Å². The smallest absolute Gasteiger partial charge is 0.123 e. The van der Waals surface area contributed by atoms with E-state index < -0.39 is 0 Å². The highest BCUT2D eigenvalue weighted by molar-refractivity contribution is 5.92. The Kier molecular flexibility index (Phi) is 4.24. The lowest BCUT2D eigenvalue weighted by atomic mass is 9.72. The fraction of sp³-hybridized carbons (Fsp3) is 0.588. The Bertz CT molecular complexity index is 529. The monoisotopic (exact) mass is 289 g/mol. The van der Waals surface area contributed by atoms with Crippen molar-refractivity contribution in [3.8, 4) is 0 Å². The van der Waals surface area contributed by atoms with Crippen molar-refractivity contribution in [1.29, 1.82) is 0 Å². The van der Waals surface area contributed by atoms with E-state index in [4.69, 9.17) is 4.99 Å². The lowest BCUT2D eigenvalue weighted by Gasteiger charge is -2.46. The maximum atomic E-state index is 13.3. The Balaban J connectivity index is 1.74. The van der Waals surface area contributed by atoms with E-state index in [2.05, 4.69) is 17.6 Å². The Morgan fingerprint density at radius 1 is 1.43 bits per heavy atom. The Morgan fingerprint density at radius 2 is 2.33 bits per heavy atom. The summed E-state index contributed by atoms with van der Waals surface area (Å²) in [6.07, 6.45) is 4.94. The molecule has 1 aromatic carbocycles. The maximum Gasteiger partial charge on any atom is 0.123 e. The van der Waals surface area contributed by atoms with Gasteiger partial charge in [0.2, 0.25) is 0 Å². The SMILES string of the molecule is C[C@H]1CCCC[C@@]12NCCN=C2NCc1cccc(F)c1. The van der Waals surface area contributed by atoms with Crippen LogP contribution in [0, 0.1) is 11.7 Å². The van der Waals surface area contributed by atoms with Crippen molar-refractivity contribution in [2.24, 2.45) is 10.9 Å². The molecular weight excluding hydrogens is 265 g/mol. The van der Waals surface area contributed by atoms with Crippen molar-refractivity contribution < 1.29 is 4.39 Å². The molecule has 2 atom stereocenters. The molecule has 1 heterocycles. The van der Waals surface area contributed by atoms with Crippen molar-refractivity contribution in [3.63, 3.8) is 0 Å². The molecule has 1 fully saturated rings. The largest absolute Gasteiger partial charge is 0.368 e. The predicted molar refractivity (Wildman–Crippen MR) is 83.9 cm³/mol. The van der Waals surface area contributed by atoms with Gasteiger partial charge in [-0.25, -0.2) is 4.39 Å². The van der Waals surface area contributed by atoms with Crippen molar-refractivity contribution in [1.82, 2.24) is 10.6 Å². The van der Waals surface area contributed by atoms with Crippen LogP contribution in [-0.2, 0) is 6.54 Å². The van der Waals surface area contributed by atoms with Crippen LogP contribution in [0.25, 0.3) is 0 Å². The summed E-state index contributed by atoms with van der Waals surface area (Å²) in [6, 6.07) is 6.77. The Labute approximate surface area is 126 Å². The van der Waals surface area contributed by atoms with Crippen molar-refractivity contribution in [2.75, 3.05) is 13.1 Å². The molecule has 0 radical (unpaired) electrons. The van der Waals surface area contributed by atoms with E-state index in [1.807, 2.05) is 6.07 Å². The topological polar surface area (TPSA) is 36.4 Å². The summed E-state index contributed by atoms with van der Waals surface area (Å²) >= 11 is 0. The van der Waals surface area contributed by atoms with Crippen LogP contribution >= 0.6 is 0 Å². The van der Waals surface area contributed by atoms with Crippen LogP contribution in [0.5, 0.6) is 0 Å². The molecule has 2 N–H and O–H groups in total. The molecule has 114 valence electrons. The van der Waals surface area contributed by atoms with E-state index in [1.54, 1.807) is 12.1 Å². The van der Waals surface area contributed by atoms with E-state index >= 15 is 0 Å². The van der Waals surface area contributed by atoms with Gasteiger partial charge in [-0.05, 0) is 36.5 Å². The number of aliphatic imine (C=N–C) groups is 1. The van der Waals surface area contributed by atoms with Crippen molar-refractivity contribution >= 4 is 5.84 Å². The van der Waals surface area contributed by atoms with E-state index in [0.717, 1.165) is 30.9 Å². The molecule has 1 aromatic rings. The minimum atomic E-state index is -0.182. The number of halogens is 1. The van der Waals surface area contributed by atoms with Gasteiger partial charge in [-0.2, -0.15) is 0 Å². The minimum absolute atomic E-state index is 0.00379. The highest BCUT2D eigenvalue weighted by Crippen LogP contribution is 2.35. The first-order valence-corrected chi connectivity index (χ1v) is 7.99. The number of rotatable bonds is 2. The molecule has 21 heavy (non-hydrogen) atoms. The van der Waals surface area contributed by atoms with Gasteiger partial charge in [0.1, 0.15) is 11.7 Å². The highest BCUT2D eigenvalue weighted by atomic mass is 19.1. The number of amidine groups is 1. The molecule has 4 heteroatoms. The third-order valence-electron chi connectivity index (χ3n) is 4.89. The number of nitrogens with one attached hydrogen (secondary N) is 2. The second-order valence-electron chi connectivity index (χ2n) is 6.26. The summed E-state index contributed by atoms with van der Waals surface area (Å²) in [7, 11) is 0. The summed E-state index contributed by atoms with van der Waals surface area (Å²) in [4.78, 5) is 4.74. The lowest BCUT2D eigenvalue weighted by molar-refractivity contribution is 0.215. The lowest BCUT2D eigenvalue weighted by Crippen LogP contribution is -2.64. The van der Waals surface area contributed by atoms with Crippen LogP contribution in [-0.4, -0.2) is 24.5 Å². The minimum Gasteiger partial charge on any atom is -0.368 e. The van der Waals surface area contributed by atoms with Gasteiger partial charge >= 0.3 is 0 Å². The van der Waals surface area contributed by atoms with E-state index in [0.29, 0.717) is 12.5 Å². The molecule has 0 saturated heterocycles. The summed E-state index contributed by atoms with van der Waals surface area (Å²) < 4.78 is 13.3. The van der Waals surface area contributed by atoms with Crippen LogP contribution < -0.4 is 10.6 Å². The van der Waals surface area contributed by atoms with Crippen LogP contribution in [0.2, 0.25) is 0 Å². The van der Waals surface area contributed by atoms with Gasteiger partial charge < -0.3 is 10.6 Å². The number of benzene rings is 1. The molecule has 3 rings (SSSR count). The third-order valence-corrected chi connectivity index (χ3v) is 4.89. The van der Waals surface area contributed by atoms with Crippen molar-refractivity contribution in [2.45, 2.75) is 44.7 Å². The molecule has 0 unspecified atom stereocenters. The summed E-state index contributed by atoms with van der Waals surface area (Å²) in [5, 5.41) is 7.19. The molecule has 0 aromatic heterocycles. The van der Waals surface area contributed by atoms with Crippen LogP contribution in [0.3, 0.4) is 0 Å². The van der Waals surface area contributed by atoms with Gasteiger partial charge in [-0.3, -0.25) is 4.99 Å². The molecule has 3 nitrogen and oxygen atoms in total. The standard InChI is InChI=1S/C17H24FN3/c1-13-5-2-3-8-17(13)16(19-9-10-21-17)20-12-14-6-4-7-15(18)11-14/h4,6-7,11,13,21H,2-3,5,8-10,12H2,1H3,(H,19,20)/t13-,17+/m0/s1. The molecular formula is C17H24FN3. The molecule has 1 spiro atoms. The van der Waals surface area contributed by atoms with Gasteiger partial charge in [0.15, 0.2) is 0 Å². The quantitative estimate of drug-likeness (QED) is 0.878. The first-order chi connectivity index (χ1) is 10.2.